The molecule has 0 unspecified atom stereocenters. The number of hydrogen-bond acceptors (Lipinski definition) is 2. The first kappa shape index (κ1) is 10.7. The minimum absolute atomic E-state index is 0.824. The van der Waals surface area contributed by atoms with E-state index in [1.165, 1.54) is 34.9 Å². The van der Waals surface area contributed by atoms with Gasteiger partial charge in [-0.15, -0.1) is 11.3 Å². The topological polar surface area (TPSA) is 26.0 Å². The fourth-order valence-electron chi connectivity index (χ4n) is 1.86. The van der Waals surface area contributed by atoms with Gasteiger partial charge in [0.2, 0.25) is 0 Å². The molecule has 0 atom stereocenters. The van der Waals surface area contributed by atoms with Crippen molar-refractivity contribution in [2.75, 3.05) is 6.54 Å². The molecular formula is C13H17NS. The fraction of sp³-hybridized carbons (Fsp3) is 0.385. The molecule has 0 aliphatic carbocycles. The van der Waals surface area contributed by atoms with Gasteiger partial charge in [0.1, 0.15) is 0 Å². The maximum absolute atomic E-state index is 5.48. The number of benzene rings is 1. The van der Waals surface area contributed by atoms with Crippen LogP contribution in [0.2, 0.25) is 0 Å². The van der Waals surface area contributed by atoms with Crippen molar-refractivity contribution in [2.24, 2.45) is 5.73 Å². The van der Waals surface area contributed by atoms with Gasteiger partial charge < -0.3 is 5.73 Å². The predicted molar refractivity (Wildman–Crippen MR) is 68.4 cm³/mol. The number of unbranched alkanes of at least 4 members (excludes halogenated alkanes) is 2. The van der Waals surface area contributed by atoms with Crippen molar-refractivity contribution in [1.29, 1.82) is 0 Å². The first-order valence-electron chi connectivity index (χ1n) is 5.57. The highest BCUT2D eigenvalue weighted by Gasteiger charge is 2.02. The van der Waals surface area contributed by atoms with Crippen LogP contribution in [0.5, 0.6) is 0 Å². The normalized spacial score (nSPS) is 11.0. The van der Waals surface area contributed by atoms with Gasteiger partial charge in [0.05, 0.1) is 0 Å². The van der Waals surface area contributed by atoms with Crippen molar-refractivity contribution in [3.05, 3.63) is 35.2 Å². The van der Waals surface area contributed by atoms with Crippen molar-refractivity contribution in [3.8, 4) is 0 Å². The lowest BCUT2D eigenvalue weighted by Crippen LogP contribution is -1.98. The Morgan fingerprint density at radius 2 is 1.93 bits per heavy atom. The van der Waals surface area contributed by atoms with E-state index in [-0.39, 0.29) is 0 Å². The summed E-state index contributed by atoms with van der Waals surface area (Å²) in [6.07, 6.45) is 4.87. The van der Waals surface area contributed by atoms with Crippen molar-refractivity contribution in [2.45, 2.75) is 25.7 Å². The van der Waals surface area contributed by atoms with E-state index in [2.05, 4.69) is 29.6 Å². The minimum Gasteiger partial charge on any atom is -0.330 e. The third-order valence-corrected chi connectivity index (χ3v) is 3.72. The zero-order chi connectivity index (χ0) is 10.5. The molecule has 0 fully saturated rings. The minimum atomic E-state index is 0.824. The average molecular weight is 219 g/mol. The van der Waals surface area contributed by atoms with Crippen molar-refractivity contribution in [1.82, 2.24) is 0 Å². The highest BCUT2D eigenvalue weighted by molar-refractivity contribution is 7.17. The summed E-state index contributed by atoms with van der Waals surface area (Å²) in [4.78, 5) is 0. The molecule has 2 heteroatoms. The van der Waals surface area contributed by atoms with Gasteiger partial charge in [-0.3, -0.25) is 0 Å². The monoisotopic (exact) mass is 219 g/mol. The van der Waals surface area contributed by atoms with Gasteiger partial charge >= 0.3 is 0 Å². The van der Waals surface area contributed by atoms with Crippen LogP contribution in [0.1, 0.15) is 24.8 Å². The lowest BCUT2D eigenvalue weighted by Gasteiger charge is -1.99. The number of nitrogens with two attached hydrogens (primary N) is 1. The van der Waals surface area contributed by atoms with Crippen LogP contribution in [0.25, 0.3) is 10.1 Å². The molecule has 1 nitrogen and oxygen atoms in total. The van der Waals surface area contributed by atoms with E-state index in [4.69, 9.17) is 5.73 Å². The molecule has 0 aliphatic heterocycles. The van der Waals surface area contributed by atoms with Gasteiger partial charge in [0.15, 0.2) is 0 Å². The summed E-state index contributed by atoms with van der Waals surface area (Å²) in [5.74, 6) is 0. The lowest BCUT2D eigenvalue weighted by atomic mass is 10.1. The second-order valence-electron chi connectivity index (χ2n) is 3.86. The molecule has 0 aliphatic rings. The van der Waals surface area contributed by atoms with Gasteiger partial charge in [-0.05, 0) is 48.2 Å². The van der Waals surface area contributed by atoms with E-state index in [0.29, 0.717) is 0 Å². The number of hydrogen-bond donors (Lipinski definition) is 1. The van der Waals surface area contributed by atoms with Gasteiger partial charge in [-0.1, -0.05) is 24.6 Å². The fourth-order valence-corrected chi connectivity index (χ4v) is 2.86. The molecule has 0 saturated heterocycles. The molecular weight excluding hydrogens is 202 g/mol. The summed E-state index contributed by atoms with van der Waals surface area (Å²) in [5, 5.41) is 3.74. The van der Waals surface area contributed by atoms with Gasteiger partial charge in [0.25, 0.3) is 0 Å². The molecule has 1 heterocycles. The van der Waals surface area contributed by atoms with Crippen molar-refractivity contribution < 1.29 is 0 Å². The summed E-state index contributed by atoms with van der Waals surface area (Å²) < 4.78 is 1.41. The summed E-state index contributed by atoms with van der Waals surface area (Å²) >= 11 is 1.85. The molecule has 80 valence electrons. The second kappa shape index (κ2) is 5.29. The molecule has 2 rings (SSSR count). The van der Waals surface area contributed by atoms with Crippen LogP contribution in [0, 0.1) is 0 Å². The highest BCUT2D eigenvalue weighted by atomic mass is 32.1. The molecule has 1 aromatic heterocycles. The molecule has 0 radical (unpaired) electrons. The smallest absolute Gasteiger partial charge is 0.0345 e. The molecule has 0 spiro atoms. The molecule has 2 aromatic rings. The highest BCUT2D eigenvalue weighted by Crippen LogP contribution is 2.26. The lowest BCUT2D eigenvalue weighted by molar-refractivity contribution is 0.689. The molecule has 15 heavy (non-hydrogen) atoms. The average Bonchev–Trinajstić information content (AvgIpc) is 2.68. The molecule has 0 bridgehead atoms. The zero-order valence-corrected chi connectivity index (χ0v) is 9.72. The van der Waals surface area contributed by atoms with Crippen LogP contribution in [0.15, 0.2) is 29.6 Å². The standard InChI is InChI=1S/C13H17NS/c14-9-5-1-2-6-11-10-15-13-8-4-3-7-12(11)13/h3-4,7-8,10H,1-2,5-6,9,14H2. The SMILES string of the molecule is NCCCCCc1csc2ccccc12. The summed E-state index contributed by atoms with van der Waals surface area (Å²) in [6.45, 7) is 0.824. The Morgan fingerprint density at radius 1 is 1.07 bits per heavy atom. The van der Waals surface area contributed by atoms with Gasteiger partial charge in [-0.2, -0.15) is 0 Å². The van der Waals surface area contributed by atoms with Crippen LogP contribution >= 0.6 is 11.3 Å². The van der Waals surface area contributed by atoms with Crippen molar-refractivity contribution in [3.63, 3.8) is 0 Å². The molecule has 1 aromatic carbocycles. The quantitative estimate of drug-likeness (QED) is 0.764. The number of aryl methyl sites for hydroxylation is 1. The third kappa shape index (κ3) is 2.58. The maximum Gasteiger partial charge on any atom is 0.0345 e. The van der Waals surface area contributed by atoms with E-state index in [1.54, 1.807) is 0 Å². The zero-order valence-electron chi connectivity index (χ0n) is 8.91. The van der Waals surface area contributed by atoms with Crippen LogP contribution in [0.4, 0.5) is 0 Å². The first-order valence-corrected chi connectivity index (χ1v) is 6.45. The Hall–Kier alpha value is -0.860. The Kier molecular flexibility index (Phi) is 3.75. The summed E-state index contributed by atoms with van der Waals surface area (Å²) in [5.41, 5.74) is 6.99. The second-order valence-corrected chi connectivity index (χ2v) is 4.77. The first-order chi connectivity index (χ1) is 7.42. The molecule has 2 N–H and O–H groups in total. The third-order valence-electron chi connectivity index (χ3n) is 2.71. The summed E-state index contributed by atoms with van der Waals surface area (Å²) in [7, 11) is 0. The van der Waals surface area contributed by atoms with E-state index in [1.807, 2.05) is 11.3 Å². The molecule has 0 amide bonds. The Bertz CT molecular complexity index is 419. The van der Waals surface area contributed by atoms with Crippen LogP contribution < -0.4 is 5.73 Å². The van der Waals surface area contributed by atoms with E-state index in [9.17, 15) is 0 Å². The van der Waals surface area contributed by atoms with Gasteiger partial charge in [0, 0.05) is 4.70 Å². The predicted octanol–water partition coefficient (Wildman–Crippen LogP) is 3.57. The number of fused-ring (bicyclic) bond motifs is 1. The largest absolute Gasteiger partial charge is 0.330 e. The number of rotatable bonds is 5. The van der Waals surface area contributed by atoms with E-state index >= 15 is 0 Å². The van der Waals surface area contributed by atoms with E-state index in [0.717, 1.165) is 13.0 Å². The van der Waals surface area contributed by atoms with Crippen LogP contribution in [-0.2, 0) is 6.42 Å². The van der Waals surface area contributed by atoms with Crippen LogP contribution in [-0.4, -0.2) is 6.54 Å². The van der Waals surface area contributed by atoms with E-state index < -0.39 is 0 Å². The molecule has 0 saturated carbocycles. The Morgan fingerprint density at radius 3 is 2.80 bits per heavy atom. The van der Waals surface area contributed by atoms with Crippen LogP contribution in [0.3, 0.4) is 0 Å². The van der Waals surface area contributed by atoms with Crippen molar-refractivity contribution >= 4 is 21.4 Å². The van der Waals surface area contributed by atoms with Gasteiger partial charge in [-0.25, -0.2) is 0 Å². The Balaban J connectivity index is 2.02. The maximum atomic E-state index is 5.48. The number of thiophene rings is 1. The Labute approximate surface area is 94.9 Å². The summed E-state index contributed by atoms with van der Waals surface area (Å²) in [6, 6.07) is 8.66.